The highest BCUT2D eigenvalue weighted by Gasteiger charge is 2.18. The monoisotopic (exact) mass is 292 g/mol. The van der Waals surface area contributed by atoms with Gasteiger partial charge in [-0.1, -0.05) is 26.0 Å². The van der Waals surface area contributed by atoms with E-state index in [2.05, 4.69) is 36.6 Å². The van der Waals surface area contributed by atoms with Gasteiger partial charge >= 0.3 is 0 Å². The number of nitro benzene ring substituents is 1. The number of benzene rings is 1. The van der Waals surface area contributed by atoms with Crippen LogP contribution in [0.2, 0.25) is 0 Å². The SMILES string of the molecule is CC(C)(CS)Cn1cnc(-c2cccc([N+](=O)[O-])c2)n1. The molecular weight excluding hydrogens is 276 g/mol. The van der Waals surface area contributed by atoms with Gasteiger partial charge in [0, 0.05) is 24.2 Å². The van der Waals surface area contributed by atoms with Crippen LogP contribution >= 0.6 is 12.6 Å². The predicted octanol–water partition coefficient (Wildman–Crippen LogP) is 2.81. The van der Waals surface area contributed by atoms with Gasteiger partial charge in [0.25, 0.3) is 5.69 Å². The van der Waals surface area contributed by atoms with Crippen molar-refractivity contribution in [2.75, 3.05) is 5.75 Å². The highest BCUT2D eigenvalue weighted by Crippen LogP contribution is 2.22. The molecule has 0 bridgehead atoms. The van der Waals surface area contributed by atoms with Crippen LogP contribution in [-0.4, -0.2) is 25.4 Å². The molecule has 1 aromatic carbocycles. The fourth-order valence-corrected chi connectivity index (χ4v) is 1.85. The van der Waals surface area contributed by atoms with Crippen molar-refractivity contribution in [2.24, 2.45) is 5.41 Å². The second-order valence-electron chi connectivity index (χ2n) is 5.40. The zero-order valence-electron chi connectivity index (χ0n) is 11.4. The van der Waals surface area contributed by atoms with Crippen molar-refractivity contribution in [1.82, 2.24) is 14.8 Å². The van der Waals surface area contributed by atoms with E-state index >= 15 is 0 Å². The van der Waals surface area contributed by atoms with Crippen molar-refractivity contribution in [3.05, 3.63) is 40.7 Å². The average molecular weight is 292 g/mol. The number of nitrogens with zero attached hydrogens (tertiary/aromatic N) is 4. The highest BCUT2D eigenvalue weighted by atomic mass is 32.1. The van der Waals surface area contributed by atoms with E-state index < -0.39 is 4.92 Å². The van der Waals surface area contributed by atoms with Crippen molar-refractivity contribution in [3.8, 4) is 11.4 Å². The zero-order chi connectivity index (χ0) is 14.8. The summed E-state index contributed by atoms with van der Waals surface area (Å²) in [6.45, 7) is 4.88. The Kier molecular flexibility index (Phi) is 4.08. The Morgan fingerprint density at radius 2 is 2.20 bits per heavy atom. The maximum absolute atomic E-state index is 10.8. The molecule has 1 heterocycles. The van der Waals surface area contributed by atoms with Gasteiger partial charge in [0.1, 0.15) is 6.33 Å². The summed E-state index contributed by atoms with van der Waals surface area (Å²) in [7, 11) is 0. The second-order valence-corrected chi connectivity index (χ2v) is 5.71. The van der Waals surface area contributed by atoms with Crippen molar-refractivity contribution >= 4 is 18.3 Å². The highest BCUT2D eigenvalue weighted by molar-refractivity contribution is 7.80. The van der Waals surface area contributed by atoms with E-state index in [1.165, 1.54) is 12.1 Å². The summed E-state index contributed by atoms with van der Waals surface area (Å²) < 4.78 is 1.74. The summed E-state index contributed by atoms with van der Waals surface area (Å²) in [4.78, 5) is 14.6. The lowest BCUT2D eigenvalue weighted by atomic mass is 9.97. The van der Waals surface area contributed by atoms with Crippen LogP contribution in [0.25, 0.3) is 11.4 Å². The minimum atomic E-state index is -0.426. The number of rotatable bonds is 5. The molecule has 106 valence electrons. The maximum Gasteiger partial charge on any atom is 0.270 e. The first-order valence-electron chi connectivity index (χ1n) is 6.16. The number of aromatic nitrogens is 3. The topological polar surface area (TPSA) is 73.8 Å². The number of nitro groups is 1. The number of hydrogen-bond donors (Lipinski definition) is 1. The lowest BCUT2D eigenvalue weighted by Crippen LogP contribution is -2.21. The molecule has 0 aliphatic rings. The molecule has 0 spiro atoms. The van der Waals surface area contributed by atoms with Gasteiger partial charge in [0.2, 0.25) is 0 Å². The Hall–Kier alpha value is -1.89. The van der Waals surface area contributed by atoms with E-state index in [4.69, 9.17) is 0 Å². The third kappa shape index (κ3) is 3.36. The van der Waals surface area contributed by atoms with Crippen LogP contribution in [0.15, 0.2) is 30.6 Å². The fourth-order valence-electron chi connectivity index (χ4n) is 1.75. The van der Waals surface area contributed by atoms with Gasteiger partial charge in [0.05, 0.1) is 4.92 Å². The Balaban J connectivity index is 2.25. The molecule has 0 fully saturated rings. The third-order valence-electron chi connectivity index (χ3n) is 2.87. The number of non-ortho nitro benzene ring substituents is 1. The fraction of sp³-hybridized carbons (Fsp3) is 0.385. The molecule has 0 saturated carbocycles. The molecule has 0 unspecified atom stereocenters. The number of thiol groups is 1. The van der Waals surface area contributed by atoms with Gasteiger partial charge in [-0.25, -0.2) is 4.98 Å². The minimum Gasteiger partial charge on any atom is -0.258 e. The van der Waals surface area contributed by atoms with Gasteiger partial charge in [-0.05, 0) is 11.2 Å². The third-order valence-corrected chi connectivity index (χ3v) is 3.73. The van der Waals surface area contributed by atoms with Gasteiger partial charge in [-0.15, -0.1) is 0 Å². The molecule has 0 atom stereocenters. The molecule has 1 aromatic heterocycles. The summed E-state index contributed by atoms with van der Waals surface area (Å²) in [6, 6.07) is 6.32. The van der Waals surface area contributed by atoms with Crippen LogP contribution in [-0.2, 0) is 6.54 Å². The first kappa shape index (κ1) is 14.5. The molecule has 20 heavy (non-hydrogen) atoms. The van der Waals surface area contributed by atoms with Crippen molar-refractivity contribution in [3.63, 3.8) is 0 Å². The molecule has 0 N–H and O–H groups in total. The zero-order valence-corrected chi connectivity index (χ0v) is 12.2. The summed E-state index contributed by atoms with van der Waals surface area (Å²) in [5.41, 5.74) is 0.688. The van der Waals surface area contributed by atoms with E-state index in [9.17, 15) is 10.1 Å². The van der Waals surface area contributed by atoms with E-state index in [1.54, 1.807) is 23.1 Å². The normalized spacial score (nSPS) is 11.6. The van der Waals surface area contributed by atoms with E-state index in [0.29, 0.717) is 17.9 Å². The van der Waals surface area contributed by atoms with Gasteiger partial charge < -0.3 is 0 Å². The molecule has 7 heteroatoms. The molecule has 0 aliphatic heterocycles. The van der Waals surface area contributed by atoms with Crippen LogP contribution in [0, 0.1) is 15.5 Å². The molecule has 0 radical (unpaired) electrons. The van der Waals surface area contributed by atoms with E-state index in [1.807, 2.05) is 0 Å². The van der Waals surface area contributed by atoms with Crippen LogP contribution in [0.5, 0.6) is 0 Å². The molecule has 0 saturated heterocycles. The Morgan fingerprint density at radius 1 is 1.45 bits per heavy atom. The molecule has 6 nitrogen and oxygen atoms in total. The second kappa shape index (κ2) is 5.62. The van der Waals surface area contributed by atoms with Crippen molar-refractivity contribution in [1.29, 1.82) is 0 Å². The minimum absolute atomic E-state index is 0.0107. The summed E-state index contributed by atoms with van der Waals surface area (Å²) in [5.74, 6) is 1.22. The van der Waals surface area contributed by atoms with Crippen LogP contribution < -0.4 is 0 Å². The first-order chi connectivity index (χ1) is 9.41. The quantitative estimate of drug-likeness (QED) is 0.522. The van der Waals surface area contributed by atoms with Crippen LogP contribution in [0.3, 0.4) is 0 Å². The Labute approximate surface area is 122 Å². The molecule has 2 aromatic rings. The molecule has 0 amide bonds. The lowest BCUT2D eigenvalue weighted by Gasteiger charge is -2.21. The van der Waals surface area contributed by atoms with Gasteiger partial charge in [-0.2, -0.15) is 17.7 Å². The Morgan fingerprint density at radius 3 is 2.85 bits per heavy atom. The predicted molar refractivity (Wildman–Crippen MR) is 79.7 cm³/mol. The molecular formula is C13H16N4O2S. The van der Waals surface area contributed by atoms with Crippen LogP contribution in [0.1, 0.15) is 13.8 Å². The summed E-state index contributed by atoms with van der Waals surface area (Å²) in [5, 5.41) is 15.1. The molecule has 2 rings (SSSR count). The standard InChI is InChI=1S/C13H16N4O2S/c1-13(2,8-20)7-16-9-14-12(15-16)10-4-3-5-11(6-10)17(18)19/h3-6,9,20H,7-8H2,1-2H3. The molecule has 0 aliphatic carbocycles. The number of hydrogen-bond acceptors (Lipinski definition) is 5. The van der Waals surface area contributed by atoms with Gasteiger partial charge in [-0.3, -0.25) is 14.8 Å². The maximum atomic E-state index is 10.8. The van der Waals surface area contributed by atoms with E-state index in [0.717, 1.165) is 5.75 Å². The van der Waals surface area contributed by atoms with Crippen molar-refractivity contribution < 1.29 is 4.92 Å². The first-order valence-corrected chi connectivity index (χ1v) is 6.80. The lowest BCUT2D eigenvalue weighted by molar-refractivity contribution is -0.384. The summed E-state index contributed by atoms with van der Waals surface area (Å²) >= 11 is 4.31. The Bertz CT molecular complexity index is 624. The van der Waals surface area contributed by atoms with Crippen LogP contribution in [0.4, 0.5) is 5.69 Å². The smallest absolute Gasteiger partial charge is 0.258 e. The van der Waals surface area contributed by atoms with Gasteiger partial charge in [0.15, 0.2) is 5.82 Å². The average Bonchev–Trinajstić information content (AvgIpc) is 2.86. The van der Waals surface area contributed by atoms with E-state index in [-0.39, 0.29) is 11.1 Å². The largest absolute Gasteiger partial charge is 0.270 e. The van der Waals surface area contributed by atoms with Crippen molar-refractivity contribution in [2.45, 2.75) is 20.4 Å². The summed E-state index contributed by atoms with van der Waals surface area (Å²) in [6.07, 6.45) is 1.64.